The van der Waals surface area contributed by atoms with E-state index in [0.29, 0.717) is 12.2 Å². The zero-order chi connectivity index (χ0) is 14.7. The zero-order valence-electron chi connectivity index (χ0n) is 10.7. The van der Waals surface area contributed by atoms with Crippen LogP contribution >= 0.6 is 11.8 Å². The average Bonchev–Trinajstić information content (AvgIpc) is 2.69. The van der Waals surface area contributed by atoms with E-state index in [2.05, 4.69) is 4.74 Å². The van der Waals surface area contributed by atoms with Gasteiger partial charge in [0.2, 0.25) is 5.91 Å². The van der Waals surface area contributed by atoms with Gasteiger partial charge >= 0.3 is 6.61 Å². The number of amides is 1. The number of carbonyl (C=O) groups excluding carboxylic acids is 2. The molecule has 1 aromatic rings. The molecule has 0 bridgehead atoms. The Labute approximate surface area is 119 Å². The number of benzene rings is 1. The van der Waals surface area contributed by atoms with Crippen molar-refractivity contribution in [3.8, 4) is 5.75 Å². The van der Waals surface area contributed by atoms with Gasteiger partial charge in [0.15, 0.2) is 5.12 Å². The lowest BCUT2D eigenvalue weighted by Crippen LogP contribution is -2.25. The predicted molar refractivity (Wildman–Crippen MR) is 72.1 cm³/mol. The summed E-state index contributed by atoms with van der Waals surface area (Å²) in [4.78, 5) is 24.4. The van der Waals surface area contributed by atoms with Crippen molar-refractivity contribution in [2.45, 2.75) is 25.2 Å². The molecule has 0 N–H and O–H groups in total. The smallest absolute Gasteiger partial charge is 0.387 e. The molecule has 0 aliphatic carbocycles. The van der Waals surface area contributed by atoms with Gasteiger partial charge in [-0.2, -0.15) is 8.78 Å². The van der Waals surface area contributed by atoms with Gasteiger partial charge < -0.3 is 9.64 Å². The summed E-state index contributed by atoms with van der Waals surface area (Å²) >= 11 is 1.09. The van der Waals surface area contributed by atoms with Crippen molar-refractivity contribution in [3.63, 3.8) is 0 Å². The van der Waals surface area contributed by atoms with Gasteiger partial charge in [-0.1, -0.05) is 23.9 Å². The Kier molecular flexibility index (Phi) is 4.59. The number of ether oxygens (including phenoxy) is 1. The Bertz CT molecular complexity index is 524. The maximum Gasteiger partial charge on any atom is 0.387 e. The summed E-state index contributed by atoms with van der Waals surface area (Å²) in [6.07, 6.45) is 0.216. The van der Waals surface area contributed by atoms with Crippen molar-refractivity contribution < 1.29 is 23.1 Å². The minimum atomic E-state index is -2.95. The summed E-state index contributed by atoms with van der Waals surface area (Å²) in [5.41, 5.74) is 0.310. The number of hydrogen-bond donors (Lipinski definition) is 0. The summed E-state index contributed by atoms with van der Waals surface area (Å²) in [5.74, 6) is -0.238. The minimum absolute atomic E-state index is 0.0377. The molecule has 1 aromatic carbocycles. The van der Waals surface area contributed by atoms with E-state index in [4.69, 9.17) is 0 Å². The largest absolute Gasteiger partial charge is 0.433 e. The van der Waals surface area contributed by atoms with Gasteiger partial charge in [-0.3, -0.25) is 9.59 Å². The van der Waals surface area contributed by atoms with E-state index in [1.807, 2.05) is 0 Å². The fraction of sp³-hybridized carbons (Fsp3) is 0.385. The summed E-state index contributed by atoms with van der Waals surface area (Å²) in [6.45, 7) is -1.20. The van der Waals surface area contributed by atoms with Crippen molar-refractivity contribution >= 4 is 28.5 Å². The highest BCUT2D eigenvalue weighted by atomic mass is 32.2. The summed E-state index contributed by atoms with van der Waals surface area (Å²) in [5, 5.41) is -0.221. The van der Waals surface area contributed by atoms with Crippen LogP contribution in [0.1, 0.15) is 13.3 Å². The van der Waals surface area contributed by atoms with Crippen LogP contribution in [-0.2, 0) is 9.59 Å². The third-order valence-corrected chi connectivity index (χ3v) is 3.78. The summed E-state index contributed by atoms with van der Waals surface area (Å²) in [6, 6.07) is 6.15. The van der Waals surface area contributed by atoms with Crippen LogP contribution in [0.15, 0.2) is 24.3 Å². The SMILES string of the molecule is CC(=O)SC1CC(=O)N(c2ccccc2OC(F)F)C1. The third kappa shape index (κ3) is 3.47. The fourth-order valence-corrected chi connectivity index (χ4v) is 3.02. The molecule has 0 aromatic heterocycles. The molecule has 1 heterocycles. The van der Waals surface area contributed by atoms with Crippen molar-refractivity contribution in [2.24, 2.45) is 0 Å². The van der Waals surface area contributed by atoms with Gasteiger partial charge in [-0.05, 0) is 12.1 Å². The molecule has 108 valence electrons. The number of carbonyl (C=O) groups is 2. The molecule has 1 aliphatic heterocycles. The second-order valence-electron chi connectivity index (χ2n) is 4.29. The number of alkyl halides is 2. The van der Waals surface area contributed by atoms with E-state index < -0.39 is 6.61 Å². The second kappa shape index (κ2) is 6.21. The minimum Gasteiger partial charge on any atom is -0.433 e. The second-order valence-corrected chi connectivity index (χ2v) is 5.76. The highest BCUT2D eigenvalue weighted by molar-refractivity contribution is 8.14. The molecule has 20 heavy (non-hydrogen) atoms. The topological polar surface area (TPSA) is 46.6 Å². The fourth-order valence-electron chi connectivity index (χ4n) is 2.10. The first-order chi connectivity index (χ1) is 9.47. The summed E-state index contributed by atoms with van der Waals surface area (Å²) < 4.78 is 29.1. The normalized spacial score (nSPS) is 18.7. The predicted octanol–water partition coefficient (Wildman–Crippen LogP) is 2.67. The number of rotatable bonds is 4. The molecule has 2 rings (SSSR count). The van der Waals surface area contributed by atoms with Crippen LogP contribution in [0.2, 0.25) is 0 Å². The van der Waals surface area contributed by atoms with Crippen molar-refractivity contribution in [1.29, 1.82) is 0 Å². The van der Waals surface area contributed by atoms with Crippen molar-refractivity contribution in [2.75, 3.05) is 11.4 Å². The van der Waals surface area contributed by atoms with Crippen LogP contribution < -0.4 is 9.64 Å². The molecule has 1 saturated heterocycles. The quantitative estimate of drug-likeness (QED) is 0.858. The molecular formula is C13H13F2NO3S. The molecule has 1 atom stereocenters. The lowest BCUT2D eigenvalue weighted by atomic mass is 10.2. The van der Waals surface area contributed by atoms with Gasteiger partial charge in [0.1, 0.15) is 5.75 Å². The lowest BCUT2D eigenvalue weighted by Gasteiger charge is -2.19. The van der Waals surface area contributed by atoms with Crippen molar-refractivity contribution in [3.05, 3.63) is 24.3 Å². The Hall–Kier alpha value is -1.63. The molecule has 1 fully saturated rings. The molecule has 7 heteroatoms. The Morgan fingerprint density at radius 1 is 1.45 bits per heavy atom. The number of nitrogens with zero attached hydrogens (tertiary/aromatic N) is 1. The number of halogens is 2. The molecule has 1 aliphatic rings. The van der Waals surface area contributed by atoms with E-state index in [1.54, 1.807) is 18.2 Å². The van der Waals surface area contributed by atoms with E-state index in [-0.39, 0.29) is 28.4 Å². The average molecular weight is 301 g/mol. The van der Waals surface area contributed by atoms with Crippen LogP contribution in [0.3, 0.4) is 0 Å². The third-order valence-electron chi connectivity index (χ3n) is 2.79. The van der Waals surface area contributed by atoms with Crippen LogP contribution in [0, 0.1) is 0 Å². The Morgan fingerprint density at radius 2 is 2.15 bits per heavy atom. The van der Waals surface area contributed by atoms with Gasteiger partial charge in [-0.25, -0.2) is 0 Å². The molecular weight excluding hydrogens is 288 g/mol. The number of thioether (sulfide) groups is 1. The first-order valence-electron chi connectivity index (χ1n) is 5.99. The molecule has 0 radical (unpaired) electrons. The number of anilines is 1. The maximum absolute atomic E-state index is 12.4. The van der Waals surface area contributed by atoms with Crippen LogP contribution in [-0.4, -0.2) is 29.4 Å². The van der Waals surface area contributed by atoms with Gasteiger partial charge in [0.25, 0.3) is 0 Å². The van der Waals surface area contributed by atoms with E-state index in [0.717, 1.165) is 11.8 Å². The lowest BCUT2D eigenvalue weighted by molar-refractivity contribution is -0.117. The van der Waals surface area contributed by atoms with Crippen LogP contribution in [0.5, 0.6) is 5.75 Å². The van der Waals surface area contributed by atoms with E-state index in [1.165, 1.54) is 17.9 Å². The first kappa shape index (κ1) is 14.8. The molecule has 4 nitrogen and oxygen atoms in total. The highest BCUT2D eigenvalue weighted by Gasteiger charge is 2.33. The Balaban J connectivity index is 2.19. The maximum atomic E-state index is 12.4. The van der Waals surface area contributed by atoms with Crippen LogP contribution in [0.25, 0.3) is 0 Å². The Morgan fingerprint density at radius 3 is 2.80 bits per heavy atom. The summed E-state index contributed by atoms with van der Waals surface area (Å²) in [7, 11) is 0. The van der Waals surface area contributed by atoms with E-state index in [9.17, 15) is 18.4 Å². The number of para-hydroxylation sites is 2. The standard InChI is InChI=1S/C13H13F2NO3S/c1-8(17)20-9-6-12(18)16(7-9)10-4-2-3-5-11(10)19-13(14)15/h2-5,9,13H,6-7H2,1H3. The first-order valence-corrected chi connectivity index (χ1v) is 6.86. The molecule has 0 saturated carbocycles. The van der Waals surface area contributed by atoms with Gasteiger partial charge in [0, 0.05) is 25.1 Å². The van der Waals surface area contributed by atoms with Crippen molar-refractivity contribution in [1.82, 2.24) is 0 Å². The van der Waals surface area contributed by atoms with Gasteiger partial charge in [-0.15, -0.1) is 0 Å². The highest BCUT2D eigenvalue weighted by Crippen LogP contribution is 2.35. The van der Waals surface area contributed by atoms with Gasteiger partial charge in [0.05, 0.1) is 5.69 Å². The zero-order valence-corrected chi connectivity index (χ0v) is 11.5. The number of hydrogen-bond acceptors (Lipinski definition) is 4. The van der Waals surface area contributed by atoms with Crippen LogP contribution in [0.4, 0.5) is 14.5 Å². The molecule has 1 unspecified atom stereocenters. The monoisotopic (exact) mass is 301 g/mol. The molecule has 0 spiro atoms. The van der Waals surface area contributed by atoms with E-state index >= 15 is 0 Å². The molecule has 1 amide bonds.